The third kappa shape index (κ3) is 4.50. The molecule has 4 nitrogen and oxygen atoms in total. The van der Waals surface area contributed by atoms with Crippen molar-refractivity contribution in [3.05, 3.63) is 70.7 Å². The number of nitrogens with one attached hydrogen (secondary N) is 1. The summed E-state index contributed by atoms with van der Waals surface area (Å²) in [6, 6.07) is 17.3. The van der Waals surface area contributed by atoms with Crippen molar-refractivity contribution in [2.75, 3.05) is 26.2 Å². The summed E-state index contributed by atoms with van der Waals surface area (Å²) in [5, 5.41) is 4.51. The zero-order chi connectivity index (χ0) is 17.6. The van der Waals surface area contributed by atoms with Gasteiger partial charge in [0.05, 0.1) is 10.6 Å². The van der Waals surface area contributed by atoms with Crippen LogP contribution in [0.1, 0.15) is 15.9 Å². The van der Waals surface area contributed by atoms with Gasteiger partial charge in [-0.2, -0.15) is 0 Å². The highest BCUT2D eigenvalue weighted by atomic mass is 35.5. The lowest BCUT2D eigenvalue weighted by atomic mass is 10.2. The second kappa shape index (κ2) is 8.32. The van der Waals surface area contributed by atoms with Gasteiger partial charge in [0.25, 0.3) is 5.91 Å². The Hall–Kier alpha value is -2.11. The van der Waals surface area contributed by atoms with E-state index in [-0.39, 0.29) is 5.91 Å². The monoisotopic (exact) mass is 373 g/mol. The van der Waals surface area contributed by atoms with Gasteiger partial charge in [-0.15, -0.1) is 0 Å². The van der Waals surface area contributed by atoms with Gasteiger partial charge in [0.1, 0.15) is 0 Å². The Labute approximate surface area is 158 Å². The van der Waals surface area contributed by atoms with Gasteiger partial charge in [0, 0.05) is 32.7 Å². The highest BCUT2D eigenvalue weighted by Crippen LogP contribution is 2.18. The maximum atomic E-state index is 12.6. The number of carbonyl (C=O) groups excluding carboxylic acids is 1. The molecule has 2 aromatic rings. The Morgan fingerprint density at radius 3 is 2.24 bits per heavy atom. The van der Waals surface area contributed by atoms with Crippen LogP contribution < -0.4 is 5.32 Å². The van der Waals surface area contributed by atoms with E-state index >= 15 is 0 Å². The maximum absolute atomic E-state index is 12.6. The van der Waals surface area contributed by atoms with Crippen molar-refractivity contribution in [3.8, 4) is 0 Å². The molecule has 0 unspecified atom stereocenters. The number of amides is 1. The molecule has 1 aliphatic heterocycles. The fraction of sp³-hybridized carbons (Fsp3) is 0.263. The minimum atomic E-state index is -0.0200. The van der Waals surface area contributed by atoms with Gasteiger partial charge in [0.2, 0.25) is 0 Å². The highest BCUT2D eigenvalue weighted by molar-refractivity contribution is 7.80. The molecule has 3 rings (SSSR count). The van der Waals surface area contributed by atoms with E-state index in [2.05, 4.69) is 22.3 Å². The van der Waals surface area contributed by atoms with Crippen molar-refractivity contribution in [1.29, 1.82) is 0 Å². The number of hydrogen-bond donors (Lipinski definition) is 1. The van der Waals surface area contributed by atoms with Crippen LogP contribution in [0.3, 0.4) is 0 Å². The first-order valence-corrected chi connectivity index (χ1v) is 9.04. The molecular weight excluding hydrogens is 354 g/mol. The van der Waals surface area contributed by atoms with E-state index in [0.29, 0.717) is 30.2 Å². The molecule has 0 saturated carbocycles. The van der Waals surface area contributed by atoms with Crippen molar-refractivity contribution < 1.29 is 4.79 Å². The first kappa shape index (κ1) is 17.7. The summed E-state index contributed by atoms with van der Waals surface area (Å²) in [5.74, 6) is -0.0200. The van der Waals surface area contributed by atoms with Crippen LogP contribution in [-0.2, 0) is 6.54 Å². The van der Waals surface area contributed by atoms with Crippen molar-refractivity contribution in [2.45, 2.75) is 6.54 Å². The van der Waals surface area contributed by atoms with Crippen LogP contribution >= 0.6 is 23.8 Å². The lowest BCUT2D eigenvalue weighted by Crippen LogP contribution is -2.53. The first-order valence-electron chi connectivity index (χ1n) is 8.25. The van der Waals surface area contributed by atoms with E-state index in [4.69, 9.17) is 23.8 Å². The summed E-state index contributed by atoms with van der Waals surface area (Å²) in [6.45, 7) is 3.42. The number of halogens is 1. The SMILES string of the molecule is O=C(c1ccccc1Cl)N1CCN(C(=S)NCc2ccccc2)CC1. The molecule has 0 bridgehead atoms. The van der Waals surface area contributed by atoms with E-state index in [1.165, 1.54) is 5.56 Å². The predicted octanol–water partition coefficient (Wildman–Crippen LogP) is 3.17. The predicted molar refractivity (Wildman–Crippen MR) is 105 cm³/mol. The summed E-state index contributed by atoms with van der Waals surface area (Å²) in [4.78, 5) is 16.5. The van der Waals surface area contributed by atoms with Gasteiger partial charge < -0.3 is 15.1 Å². The average Bonchev–Trinajstić information content (AvgIpc) is 2.67. The van der Waals surface area contributed by atoms with Crippen molar-refractivity contribution in [2.24, 2.45) is 0 Å². The number of hydrogen-bond acceptors (Lipinski definition) is 2. The molecule has 0 aliphatic carbocycles. The van der Waals surface area contributed by atoms with E-state index in [1.807, 2.05) is 35.2 Å². The van der Waals surface area contributed by atoms with Crippen molar-refractivity contribution in [1.82, 2.24) is 15.1 Å². The van der Waals surface area contributed by atoms with Gasteiger partial charge in [0.15, 0.2) is 5.11 Å². The first-order chi connectivity index (χ1) is 12.1. The topological polar surface area (TPSA) is 35.6 Å². The van der Waals surface area contributed by atoms with E-state index in [0.717, 1.165) is 18.2 Å². The molecule has 25 heavy (non-hydrogen) atoms. The molecule has 130 valence electrons. The van der Waals surface area contributed by atoms with Gasteiger partial charge in [-0.3, -0.25) is 4.79 Å². The molecule has 1 heterocycles. The lowest BCUT2D eigenvalue weighted by Gasteiger charge is -2.36. The summed E-state index contributed by atoms with van der Waals surface area (Å²) in [5.41, 5.74) is 1.75. The molecule has 2 aromatic carbocycles. The number of piperazine rings is 1. The van der Waals surface area contributed by atoms with Crippen LogP contribution in [0.5, 0.6) is 0 Å². The number of nitrogens with zero attached hydrogens (tertiary/aromatic N) is 2. The Morgan fingerprint density at radius 1 is 0.960 bits per heavy atom. The van der Waals surface area contributed by atoms with Crippen LogP contribution in [0.2, 0.25) is 5.02 Å². The van der Waals surface area contributed by atoms with Crippen molar-refractivity contribution in [3.63, 3.8) is 0 Å². The van der Waals surface area contributed by atoms with Gasteiger partial charge in [-0.25, -0.2) is 0 Å². The van der Waals surface area contributed by atoms with E-state index in [1.54, 1.807) is 12.1 Å². The van der Waals surface area contributed by atoms with Crippen LogP contribution in [-0.4, -0.2) is 47.0 Å². The zero-order valence-electron chi connectivity index (χ0n) is 13.8. The summed E-state index contributed by atoms with van der Waals surface area (Å²) < 4.78 is 0. The molecular formula is C19H20ClN3OS. The van der Waals surface area contributed by atoms with Crippen LogP contribution in [0.15, 0.2) is 54.6 Å². The normalized spacial score (nSPS) is 14.3. The summed E-state index contributed by atoms with van der Waals surface area (Å²) >= 11 is 11.6. The van der Waals surface area contributed by atoms with Gasteiger partial charge in [-0.1, -0.05) is 54.1 Å². The Morgan fingerprint density at radius 2 is 1.56 bits per heavy atom. The molecule has 1 aliphatic rings. The smallest absolute Gasteiger partial charge is 0.255 e. The molecule has 0 aromatic heterocycles. The second-order valence-electron chi connectivity index (χ2n) is 5.90. The molecule has 1 fully saturated rings. The third-order valence-electron chi connectivity index (χ3n) is 4.24. The molecule has 0 spiro atoms. The molecule has 1 amide bonds. The third-order valence-corrected chi connectivity index (χ3v) is 4.98. The highest BCUT2D eigenvalue weighted by Gasteiger charge is 2.24. The van der Waals surface area contributed by atoms with Crippen LogP contribution in [0.25, 0.3) is 0 Å². The minimum absolute atomic E-state index is 0.0200. The van der Waals surface area contributed by atoms with E-state index < -0.39 is 0 Å². The molecule has 1 saturated heterocycles. The Balaban J connectivity index is 1.50. The second-order valence-corrected chi connectivity index (χ2v) is 6.70. The van der Waals surface area contributed by atoms with E-state index in [9.17, 15) is 4.79 Å². The van der Waals surface area contributed by atoms with Crippen molar-refractivity contribution >= 4 is 34.8 Å². The molecule has 6 heteroatoms. The zero-order valence-corrected chi connectivity index (χ0v) is 15.4. The quantitative estimate of drug-likeness (QED) is 0.838. The molecule has 0 radical (unpaired) electrons. The summed E-state index contributed by atoms with van der Waals surface area (Å²) in [6.07, 6.45) is 0. The number of carbonyl (C=O) groups is 1. The van der Waals surface area contributed by atoms with Crippen LogP contribution in [0, 0.1) is 0 Å². The summed E-state index contributed by atoms with van der Waals surface area (Å²) in [7, 11) is 0. The standard InChI is InChI=1S/C19H20ClN3OS/c20-17-9-5-4-8-16(17)18(24)22-10-12-23(13-11-22)19(25)21-14-15-6-2-1-3-7-15/h1-9H,10-14H2,(H,21,25). The minimum Gasteiger partial charge on any atom is -0.358 e. The van der Waals surface area contributed by atoms with Gasteiger partial charge >= 0.3 is 0 Å². The average molecular weight is 374 g/mol. The Kier molecular flexibility index (Phi) is 5.89. The van der Waals surface area contributed by atoms with Gasteiger partial charge in [-0.05, 0) is 29.9 Å². The molecule has 0 atom stereocenters. The fourth-order valence-corrected chi connectivity index (χ4v) is 3.27. The Bertz CT molecular complexity index is 745. The van der Waals surface area contributed by atoms with Crippen LogP contribution in [0.4, 0.5) is 0 Å². The number of benzene rings is 2. The largest absolute Gasteiger partial charge is 0.358 e. The molecule has 1 N–H and O–H groups in total. The maximum Gasteiger partial charge on any atom is 0.255 e. The fourth-order valence-electron chi connectivity index (χ4n) is 2.80. The number of thiocarbonyl (C=S) groups is 1. The lowest BCUT2D eigenvalue weighted by molar-refractivity contribution is 0.0691. The number of rotatable bonds is 3.